The first-order valence-corrected chi connectivity index (χ1v) is 10.5. The van der Waals surface area contributed by atoms with Crippen molar-refractivity contribution in [1.29, 1.82) is 5.41 Å². The number of benzene rings is 1. The molecule has 0 atom stereocenters. The van der Waals surface area contributed by atoms with Crippen LogP contribution in [0, 0.1) is 5.41 Å². The van der Waals surface area contributed by atoms with E-state index in [0.29, 0.717) is 50.9 Å². The number of nitrogens with two attached hydrogens (primary N) is 1. The molecule has 30 heavy (non-hydrogen) atoms. The Bertz CT molecular complexity index is 956. The van der Waals surface area contributed by atoms with Gasteiger partial charge >= 0.3 is 0 Å². The zero-order chi connectivity index (χ0) is 21.1. The van der Waals surface area contributed by atoms with Crippen molar-refractivity contribution >= 4 is 34.6 Å². The van der Waals surface area contributed by atoms with Gasteiger partial charge in [0.1, 0.15) is 12.4 Å². The lowest BCUT2D eigenvalue weighted by Crippen LogP contribution is -2.41. The van der Waals surface area contributed by atoms with Crippen LogP contribution in [0.1, 0.15) is 24.0 Å². The summed E-state index contributed by atoms with van der Waals surface area (Å²) in [5.41, 5.74) is 12.6. The lowest BCUT2D eigenvalue weighted by Gasteiger charge is -2.30. The van der Waals surface area contributed by atoms with E-state index in [1.54, 1.807) is 18.2 Å². The molecule has 0 saturated carbocycles. The molecule has 1 aromatic heterocycles. The van der Waals surface area contributed by atoms with Crippen molar-refractivity contribution < 1.29 is 9.47 Å². The molecule has 0 spiro atoms. The van der Waals surface area contributed by atoms with E-state index in [0.717, 1.165) is 31.6 Å². The predicted octanol–water partition coefficient (Wildman–Crippen LogP) is 3.80. The van der Waals surface area contributed by atoms with Crippen molar-refractivity contribution in [2.45, 2.75) is 25.5 Å². The summed E-state index contributed by atoms with van der Waals surface area (Å²) in [7, 11) is 0. The molecule has 2 aromatic rings. The minimum absolute atomic E-state index is 0.193. The molecular formula is C21H23Cl2N5O2. The molecule has 0 amide bonds. The topological polar surface area (TPSA) is 96.5 Å². The molecule has 0 unspecified atom stereocenters. The normalized spacial score (nSPS) is 17.1. The van der Waals surface area contributed by atoms with Crippen molar-refractivity contribution in [1.82, 2.24) is 15.4 Å². The van der Waals surface area contributed by atoms with Crippen LogP contribution in [-0.2, 0) is 11.3 Å². The Balaban J connectivity index is 1.48. The lowest BCUT2D eigenvalue weighted by atomic mass is 10.0. The standard InChI is InChI=1S/C21H23Cl2N5O2/c22-18-9-26-10-19(23)17(18)12-30-15-1-2-20(24)16(7-15)21(25)13-8-27-28(11-13)14-3-5-29-6-4-14/h1-2,7,9-11,14,25,27H,3-6,8,12,24H2. The van der Waals surface area contributed by atoms with Crippen LogP contribution >= 0.6 is 23.2 Å². The van der Waals surface area contributed by atoms with E-state index in [4.69, 9.17) is 43.8 Å². The van der Waals surface area contributed by atoms with Gasteiger partial charge < -0.3 is 20.2 Å². The van der Waals surface area contributed by atoms with Gasteiger partial charge in [-0.15, -0.1) is 0 Å². The van der Waals surface area contributed by atoms with Gasteiger partial charge in [-0.05, 0) is 31.0 Å². The number of anilines is 1. The van der Waals surface area contributed by atoms with E-state index in [-0.39, 0.29) is 6.61 Å². The molecule has 7 nitrogen and oxygen atoms in total. The highest BCUT2D eigenvalue weighted by atomic mass is 35.5. The summed E-state index contributed by atoms with van der Waals surface area (Å²) in [6.45, 7) is 2.31. The van der Waals surface area contributed by atoms with Crippen molar-refractivity contribution in [2.24, 2.45) is 0 Å². The molecule has 0 bridgehead atoms. The van der Waals surface area contributed by atoms with Gasteiger partial charge in [0, 0.05) is 66.8 Å². The largest absolute Gasteiger partial charge is 0.489 e. The molecule has 158 valence electrons. The average molecular weight is 448 g/mol. The lowest BCUT2D eigenvalue weighted by molar-refractivity contribution is 0.0391. The summed E-state index contributed by atoms with van der Waals surface area (Å²) < 4.78 is 11.3. The van der Waals surface area contributed by atoms with Crippen LogP contribution < -0.4 is 15.9 Å². The van der Waals surface area contributed by atoms with Crippen LogP contribution in [0.3, 0.4) is 0 Å². The molecule has 4 N–H and O–H groups in total. The Morgan fingerprint density at radius 1 is 1.27 bits per heavy atom. The quantitative estimate of drug-likeness (QED) is 0.460. The number of nitrogens with one attached hydrogen (secondary N) is 2. The third-order valence-electron chi connectivity index (χ3n) is 5.28. The van der Waals surface area contributed by atoms with Gasteiger partial charge in [-0.2, -0.15) is 0 Å². The highest BCUT2D eigenvalue weighted by molar-refractivity contribution is 6.35. The molecule has 9 heteroatoms. The van der Waals surface area contributed by atoms with Crippen molar-refractivity contribution in [3.63, 3.8) is 0 Å². The van der Waals surface area contributed by atoms with Crippen LogP contribution in [-0.4, -0.2) is 41.5 Å². The number of hydrogen-bond acceptors (Lipinski definition) is 7. The number of aromatic nitrogens is 1. The Hall–Kier alpha value is -2.32. The molecule has 4 rings (SSSR count). The minimum atomic E-state index is 0.193. The summed E-state index contributed by atoms with van der Waals surface area (Å²) in [5.74, 6) is 0.584. The Kier molecular flexibility index (Phi) is 6.43. The van der Waals surface area contributed by atoms with E-state index >= 15 is 0 Å². The molecule has 2 aliphatic heterocycles. The van der Waals surface area contributed by atoms with E-state index in [9.17, 15) is 0 Å². The van der Waals surface area contributed by atoms with Gasteiger partial charge in [0.25, 0.3) is 0 Å². The highest BCUT2D eigenvalue weighted by Crippen LogP contribution is 2.28. The molecule has 1 saturated heterocycles. The summed E-state index contributed by atoms with van der Waals surface area (Å²) in [6.07, 6.45) is 6.99. The fourth-order valence-corrected chi connectivity index (χ4v) is 4.01. The second-order valence-corrected chi connectivity index (χ2v) is 8.05. The fraction of sp³-hybridized carbons (Fsp3) is 0.333. The number of ether oxygens (including phenoxy) is 2. The number of hydrogen-bond donors (Lipinski definition) is 3. The zero-order valence-electron chi connectivity index (χ0n) is 16.3. The maximum absolute atomic E-state index is 8.69. The SMILES string of the molecule is N=C(C1=CN(C2CCOCC2)NC1)c1cc(OCc2c(Cl)cncc2Cl)ccc1N. The Labute approximate surface area is 185 Å². The summed E-state index contributed by atoms with van der Waals surface area (Å²) in [4.78, 5) is 3.95. The minimum Gasteiger partial charge on any atom is -0.489 e. The first kappa shape index (κ1) is 20.9. The van der Waals surface area contributed by atoms with Gasteiger partial charge in [0.15, 0.2) is 0 Å². The molecular weight excluding hydrogens is 425 g/mol. The second kappa shape index (κ2) is 9.22. The fourth-order valence-electron chi connectivity index (χ4n) is 3.53. The smallest absolute Gasteiger partial charge is 0.120 e. The molecule has 2 aliphatic rings. The third-order valence-corrected chi connectivity index (χ3v) is 5.93. The summed E-state index contributed by atoms with van der Waals surface area (Å²) >= 11 is 12.3. The van der Waals surface area contributed by atoms with E-state index < -0.39 is 0 Å². The van der Waals surface area contributed by atoms with Gasteiger partial charge in [-0.1, -0.05) is 23.2 Å². The van der Waals surface area contributed by atoms with Crippen molar-refractivity contribution in [3.8, 4) is 5.75 Å². The number of hydrazine groups is 1. The second-order valence-electron chi connectivity index (χ2n) is 7.23. The third kappa shape index (κ3) is 4.54. The monoisotopic (exact) mass is 447 g/mol. The summed E-state index contributed by atoms with van der Waals surface area (Å²) in [5, 5.41) is 11.7. The number of pyridine rings is 1. The van der Waals surface area contributed by atoms with Gasteiger partial charge in [0.2, 0.25) is 0 Å². The maximum atomic E-state index is 8.69. The number of nitrogens with zero attached hydrogens (tertiary/aromatic N) is 2. The molecule has 3 heterocycles. The molecule has 0 aliphatic carbocycles. The van der Waals surface area contributed by atoms with Crippen LogP contribution in [0.4, 0.5) is 5.69 Å². The highest BCUT2D eigenvalue weighted by Gasteiger charge is 2.25. The predicted molar refractivity (Wildman–Crippen MR) is 118 cm³/mol. The van der Waals surface area contributed by atoms with Crippen molar-refractivity contribution in [3.05, 3.63) is 63.5 Å². The van der Waals surface area contributed by atoms with Crippen LogP contribution in [0.2, 0.25) is 10.0 Å². The molecule has 1 aromatic carbocycles. The Morgan fingerprint density at radius 2 is 2.00 bits per heavy atom. The summed E-state index contributed by atoms with van der Waals surface area (Å²) in [6, 6.07) is 5.67. The van der Waals surface area contributed by atoms with Gasteiger partial charge in [0.05, 0.1) is 15.8 Å². The maximum Gasteiger partial charge on any atom is 0.120 e. The van der Waals surface area contributed by atoms with Crippen LogP contribution in [0.25, 0.3) is 0 Å². The average Bonchev–Trinajstić information content (AvgIpc) is 3.25. The van der Waals surface area contributed by atoms with Crippen molar-refractivity contribution in [2.75, 3.05) is 25.5 Å². The molecule has 0 radical (unpaired) electrons. The first-order valence-electron chi connectivity index (χ1n) is 9.72. The van der Waals surface area contributed by atoms with E-state index in [1.165, 1.54) is 12.4 Å². The van der Waals surface area contributed by atoms with Gasteiger partial charge in [-0.25, -0.2) is 5.43 Å². The van der Waals surface area contributed by atoms with Gasteiger partial charge in [-0.3, -0.25) is 10.4 Å². The molecule has 1 fully saturated rings. The van der Waals surface area contributed by atoms with Crippen LogP contribution in [0.5, 0.6) is 5.75 Å². The van der Waals surface area contributed by atoms with Crippen LogP contribution in [0.15, 0.2) is 42.4 Å². The Morgan fingerprint density at radius 3 is 2.73 bits per heavy atom. The zero-order valence-corrected chi connectivity index (χ0v) is 17.8. The number of halogens is 2. The number of rotatable bonds is 6. The van der Waals surface area contributed by atoms with E-state index in [2.05, 4.69) is 15.4 Å². The van der Waals surface area contributed by atoms with E-state index in [1.807, 2.05) is 6.20 Å². The first-order chi connectivity index (χ1) is 14.5. The number of nitrogen functional groups attached to an aromatic ring is 1.